The maximum atomic E-state index is 9.58. The Bertz CT molecular complexity index is 1300. The van der Waals surface area contributed by atoms with Gasteiger partial charge in [0.15, 0.2) is 0 Å². The van der Waals surface area contributed by atoms with Gasteiger partial charge < -0.3 is 4.90 Å². The van der Waals surface area contributed by atoms with Crippen molar-refractivity contribution in [3.8, 4) is 17.2 Å². The van der Waals surface area contributed by atoms with Crippen LogP contribution in [0.15, 0.2) is 54.9 Å². The van der Waals surface area contributed by atoms with E-state index in [1.807, 2.05) is 23.8 Å². The predicted molar refractivity (Wildman–Crippen MR) is 118 cm³/mol. The van der Waals surface area contributed by atoms with Crippen molar-refractivity contribution in [2.24, 2.45) is 17.8 Å². The minimum absolute atomic E-state index is 0.224. The number of hydrogen-bond acceptors (Lipinski definition) is 4. The highest BCUT2D eigenvalue weighted by atomic mass is 15.2. The van der Waals surface area contributed by atoms with Gasteiger partial charge in [0, 0.05) is 35.9 Å². The molecule has 148 valence electrons. The Hall–Kier alpha value is -3.39. The standard InChI is InChI=1S/C25H23N5/c1-16-4-5-18-11-17(8-9-23(18)28-16)22-13-27-30-10-2-3-24(25(22)30)29-14-19-6-7-20(15-29)21(19)12-26/h2-5,8-11,13,19-21H,6-7,14-15H2,1H3. The van der Waals surface area contributed by atoms with Gasteiger partial charge in [-0.15, -0.1) is 0 Å². The van der Waals surface area contributed by atoms with Crippen molar-refractivity contribution in [1.29, 1.82) is 5.26 Å². The molecule has 2 atom stereocenters. The lowest BCUT2D eigenvalue weighted by molar-refractivity contribution is 0.337. The van der Waals surface area contributed by atoms with Gasteiger partial charge in [-0.1, -0.05) is 12.1 Å². The second-order valence-corrected chi connectivity index (χ2v) is 8.76. The molecule has 0 spiro atoms. The fourth-order valence-electron chi connectivity index (χ4n) is 5.52. The van der Waals surface area contributed by atoms with E-state index in [1.165, 1.54) is 18.5 Å². The number of nitrogens with zero attached hydrogens (tertiary/aromatic N) is 5. The molecule has 2 fully saturated rings. The van der Waals surface area contributed by atoms with Crippen molar-refractivity contribution in [3.63, 3.8) is 0 Å². The van der Waals surface area contributed by atoms with E-state index >= 15 is 0 Å². The molecule has 1 saturated carbocycles. The monoisotopic (exact) mass is 393 g/mol. The molecule has 0 radical (unpaired) electrons. The summed E-state index contributed by atoms with van der Waals surface area (Å²) in [5.74, 6) is 1.19. The SMILES string of the molecule is Cc1ccc2cc(-c3cnn4cccc(N5CC6CCC(C5)C6C#N)c34)ccc2n1. The third kappa shape index (κ3) is 2.60. The topological polar surface area (TPSA) is 57.2 Å². The van der Waals surface area contributed by atoms with E-state index in [2.05, 4.69) is 63.5 Å². The molecule has 6 rings (SSSR count). The lowest BCUT2D eigenvalue weighted by Gasteiger charge is -2.36. The number of nitriles is 1. The van der Waals surface area contributed by atoms with E-state index in [-0.39, 0.29) is 5.92 Å². The van der Waals surface area contributed by atoms with Crippen LogP contribution >= 0.6 is 0 Å². The van der Waals surface area contributed by atoms with Crippen molar-refractivity contribution in [3.05, 3.63) is 60.6 Å². The first-order chi connectivity index (χ1) is 14.7. The van der Waals surface area contributed by atoms with E-state index in [1.54, 1.807) is 0 Å². The molecule has 4 aromatic rings. The molecule has 0 N–H and O–H groups in total. The van der Waals surface area contributed by atoms with Crippen LogP contribution in [0.2, 0.25) is 0 Å². The van der Waals surface area contributed by atoms with E-state index in [0.29, 0.717) is 11.8 Å². The number of rotatable bonds is 2. The molecule has 1 aliphatic heterocycles. The summed E-state index contributed by atoms with van der Waals surface area (Å²) in [6.45, 7) is 3.94. The number of aromatic nitrogens is 3. The number of benzene rings is 1. The Morgan fingerprint density at radius 1 is 1.07 bits per heavy atom. The number of hydrogen-bond donors (Lipinski definition) is 0. The van der Waals surface area contributed by atoms with Crippen LogP contribution in [0, 0.1) is 36.0 Å². The zero-order valence-electron chi connectivity index (χ0n) is 17.0. The van der Waals surface area contributed by atoms with Crippen LogP contribution in [0.1, 0.15) is 18.5 Å². The Kier molecular flexibility index (Phi) is 3.82. The quantitative estimate of drug-likeness (QED) is 0.489. The van der Waals surface area contributed by atoms with Gasteiger partial charge in [0.1, 0.15) is 0 Å². The van der Waals surface area contributed by atoms with Gasteiger partial charge in [0.25, 0.3) is 0 Å². The largest absolute Gasteiger partial charge is 0.369 e. The molecule has 3 aromatic heterocycles. The van der Waals surface area contributed by atoms with Crippen molar-refractivity contribution in [2.45, 2.75) is 19.8 Å². The molecule has 0 amide bonds. The molecule has 2 bridgehead atoms. The zero-order valence-corrected chi connectivity index (χ0v) is 17.0. The molecule has 5 heteroatoms. The summed E-state index contributed by atoms with van der Waals surface area (Å²) in [7, 11) is 0. The van der Waals surface area contributed by atoms with Gasteiger partial charge in [0.05, 0.1) is 34.9 Å². The lowest BCUT2D eigenvalue weighted by atomic mass is 9.86. The molecule has 1 saturated heterocycles. The first kappa shape index (κ1) is 17.5. The van der Waals surface area contributed by atoms with Gasteiger partial charge in [-0.2, -0.15) is 10.4 Å². The summed E-state index contributed by atoms with van der Waals surface area (Å²) in [5, 5.41) is 15.4. The number of aryl methyl sites for hydroxylation is 1. The summed E-state index contributed by atoms with van der Waals surface area (Å²) in [6, 6.07) is 17.5. The minimum Gasteiger partial charge on any atom is -0.369 e. The highest BCUT2D eigenvalue weighted by Crippen LogP contribution is 2.44. The number of piperidine rings is 1. The molecule has 30 heavy (non-hydrogen) atoms. The highest BCUT2D eigenvalue weighted by Gasteiger charge is 2.42. The fourth-order valence-corrected chi connectivity index (χ4v) is 5.52. The van der Waals surface area contributed by atoms with Crippen LogP contribution in [-0.4, -0.2) is 27.7 Å². The van der Waals surface area contributed by atoms with Gasteiger partial charge in [0.2, 0.25) is 0 Å². The molecule has 1 aliphatic carbocycles. The second kappa shape index (κ2) is 6.56. The summed E-state index contributed by atoms with van der Waals surface area (Å²) in [6.07, 6.45) is 6.33. The Morgan fingerprint density at radius 3 is 2.70 bits per heavy atom. The number of anilines is 1. The average Bonchev–Trinajstić information content (AvgIpc) is 3.31. The summed E-state index contributed by atoms with van der Waals surface area (Å²) >= 11 is 0. The van der Waals surface area contributed by atoms with E-state index < -0.39 is 0 Å². The van der Waals surface area contributed by atoms with Crippen molar-refractivity contribution >= 4 is 22.1 Å². The van der Waals surface area contributed by atoms with Gasteiger partial charge in [-0.25, -0.2) is 4.52 Å². The molecule has 5 nitrogen and oxygen atoms in total. The van der Waals surface area contributed by atoms with Crippen LogP contribution in [-0.2, 0) is 0 Å². The smallest absolute Gasteiger partial charge is 0.0973 e. The van der Waals surface area contributed by atoms with E-state index in [0.717, 1.165) is 46.3 Å². The first-order valence-corrected chi connectivity index (χ1v) is 10.7. The van der Waals surface area contributed by atoms with Crippen molar-refractivity contribution in [1.82, 2.24) is 14.6 Å². The van der Waals surface area contributed by atoms with Crippen LogP contribution in [0.25, 0.3) is 27.5 Å². The molecule has 4 heterocycles. The van der Waals surface area contributed by atoms with Gasteiger partial charge >= 0.3 is 0 Å². The normalized spacial score (nSPS) is 23.2. The number of pyridine rings is 2. The molecule has 2 aliphatic rings. The third-order valence-corrected chi connectivity index (χ3v) is 6.98. The Labute approximate surface area is 175 Å². The lowest BCUT2D eigenvalue weighted by Crippen LogP contribution is -2.41. The van der Waals surface area contributed by atoms with Gasteiger partial charge in [-0.05, 0) is 67.5 Å². The minimum atomic E-state index is 0.224. The van der Waals surface area contributed by atoms with Crippen LogP contribution in [0.4, 0.5) is 5.69 Å². The Morgan fingerprint density at radius 2 is 1.90 bits per heavy atom. The van der Waals surface area contributed by atoms with E-state index in [9.17, 15) is 5.26 Å². The average molecular weight is 393 g/mol. The molecular formula is C25H23N5. The predicted octanol–water partition coefficient (Wildman–Crippen LogP) is 4.84. The molecule has 1 aromatic carbocycles. The second-order valence-electron chi connectivity index (χ2n) is 8.76. The van der Waals surface area contributed by atoms with E-state index in [4.69, 9.17) is 0 Å². The van der Waals surface area contributed by atoms with Crippen LogP contribution < -0.4 is 4.90 Å². The van der Waals surface area contributed by atoms with Crippen molar-refractivity contribution in [2.75, 3.05) is 18.0 Å². The maximum Gasteiger partial charge on any atom is 0.0973 e. The van der Waals surface area contributed by atoms with Crippen LogP contribution in [0.5, 0.6) is 0 Å². The zero-order chi connectivity index (χ0) is 20.2. The van der Waals surface area contributed by atoms with Gasteiger partial charge in [-0.3, -0.25) is 4.98 Å². The molecule has 2 unspecified atom stereocenters. The maximum absolute atomic E-state index is 9.58. The Balaban J connectivity index is 1.46. The van der Waals surface area contributed by atoms with Crippen LogP contribution in [0.3, 0.4) is 0 Å². The summed E-state index contributed by atoms with van der Waals surface area (Å²) in [5.41, 5.74) is 6.72. The summed E-state index contributed by atoms with van der Waals surface area (Å²) in [4.78, 5) is 7.12. The number of fused-ring (bicyclic) bond motifs is 4. The first-order valence-electron chi connectivity index (χ1n) is 10.7. The fraction of sp³-hybridized carbons (Fsp3) is 0.320. The van der Waals surface area contributed by atoms with Crippen molar-refractivity contribution < 1.29 is 0 Å². The molecular weight excluding hydrogens is 370 g/mol. The summed E-state index contributed by atoms with van der Waals surface area (Å²) < 4.78 is 1.99. The highest BCUT2D eigenvalue weighted by molar-refractivity contribution is 5.93. The third-order valence-electron chi connectivity index (χ3n) is 6.98.